The minimum atomic E-state index is -0.506. The van der Waals surface area contributed by atoms with Gasteiger partial charge in [-0.15, -0.1) is 0 Å². The number of carbonyl (C=O) groups is 2. The van der Waals surface area contributed by atoms with E-state index in [0.717, 1.165) is 12.8 Å². The maximum absolute atomic E-state index is 11.6. The van der Waals surface area contributed by atoms with E-state index in [1.54, 1.807) is 0 Å². The van der Waals surface area contributed by atoms with Gasteiger partial charge < -0.3 is 33.2 Å². The van der Waals surface area contributed by atoms with E-state index in [1.165, 1.54) is 25.7 Å². The van der Waals surface area contributed by atoms with Gasteiger partial charge in [0.15, 0.2) is 0 Å². The van der Waals surface area contributed by atoms with Crippen LogP contribution in [0.3, 0.4) is 0 Å². The summed E-state index contributed by atoms with van der Waals surface area (Å²) in [6.45, 7) is 11.6. The second-order valence-electron chi connectivity index (χ2n) is 8.83. The van der Waals surface area contributed by atoms with E-state index in [9.17, 15) is 9.59 Å². The maximum Gasteiger partial charge on any atom is 0.332 e. The molecule has 34 heavy (non-hydrogen) atoms. The fraction of sp³-hybridized carbons (Fsp3) is 0.920. The molecule has 202 valence electrons. The van der Waals surface area contributed by atoms with Crippen molar-refractivity contribution < 1.29 is 42.7 Å². The number of rotatable bonds is 24. The Morgan fingerprint density at radius 1 is 0.559 bits per heavy atom. The molecule has 0 rings (SSSR count). The van der Waals surface area contributed by atoms with Crippen molar-refractivity contribution in [1.29, 1.82) is 0 Å². The number of hydrogen-bond donors (Lipinski definition) is 0. The summed E-state index contributed by atoms with van der Waals surface area (Å²) in [4.78, 5) is 23.0. The molecule has 0 spiro atoms. The van der Waals surface area contributed by atoms with Crippen LogP contribution in [0.5, 0.6) is 0 Å². The van der Waals surface area contributed by atoms with Crippen molar-refractivity contribution in [1.82, 2.24) is 0 Å². The summed E-state index contributed by atoms with van der Waals surface area (Å²) in [6.07, 6.45) is 7.41. The van der Waals surface area contributed by atoms with Crippen LogP contribution in [0.4, 0.5) is 0 Å². The van der Waals surface area contributed by atoms with E-state index in [1.807, 2.05) is 20.8 Å². The molecule has 0 amide bonds. The Labute approximate surface area is 206 Å². The minimum absolute atomic E-state index is 0.0808. The Morgan fingerprint density at radius 3 is 1.50 bits per heavy atom. The average Bonchev–Trinajstić information content (AvgIpc) is 2.77. The summed E-state index contributed by atoms with van der Waals surface area (Å²) in [6, 6.07) is 0. The zero-order chi connectivity index (χ0) is 25.3. The third-order valence-electron chi connectivity index (χ3n) is 4.35. The molecule has 9 heteroatoms. The predicted molar refractivity (Wildman–Crippen MR) is 129 cm³/mol. The van der Waals surface area contributed by atoms with E-state index in [0.29, 0.717) is 65.9 Å². The molecule has 9 nitrogen and oxygen atoms in total. The van der Waals surface area contributed by atoms with Crippen molar-refractivity contribution in [2.75, 3.05) is 72.7 Å². The van der Waals surface area contributed by atoms with E-state index in [-0.39, 0.29) is 25.2 Å². The highest BCUT2D eigenvalue weighted by atomic mass is 16.6. The van der Waals surface area contributed by atoms with Crippen molar-refractivity contribution >= 4 is 11.9 Å². The van der Waals surface area contributed by atoms with Gasteiger partial charge in [0.25, 0.3) is 0 Å². The quantitative estimate of drug-likeness (QED) is 0.147. The number of esters is 2. The van der Waals surface area contributed by atoms with Crippen LogP contribution in [0, 0.1) is 0 Å². The van der Waals surface area contributed by atoms with E-state index in [2.05, 4.69) is 6.92 Å². The first-order valence-corrected chi connectivity index (χ1v) is 12.6. The van der Waals surface area contributed by atoms with Crippen LogP contribution in [-0.4, -0.2) is 90.2 Å². The van der Waals surface area contributed by atoms with Crippen LogP contribution >= 0.6 is 0 Å². The normalized spacial score (nSPS) is 11.5. The third-order valence-corrected chi connectivity index (χ3v) is 4.35. The highest BCUT2D eigenvalue weighted by Crippen LogP contribution is 2.08. The first-order chi connectivity index (χ1) is 16.3. The van der Waals surface area contributed by atoms with Gasteiger partial charge in [-0.2, -0.15) is 0 Å². The zero-order valence-corrected chi connectivity index (χ0v) is 21.9. The molecule has 0 aliphatic heterocycles. The topological polar surface area (TPSA) is 98.8 Å². The number of ether oxygens (including phenoxy) is 7. The molecule has 0 aliphatic carbocycles. The molecule has 0 unspecified atom stereocenters. The highest BCUT2D eigenvalue weighted by molar-refractivity contribution is 5.71. The Balaban J connectivity index is 3.20. The van der Waals surface area contributed by atoms with Crippen LogP contribution < -0.4 is 0 Å². The average molecular weight is 493 g/mol. The van der Waals surface area contributed by atoms with Gasteiger partial charge in [-0.25, -0.2) is 4.79 Å². The van der Waals surface area contributed by atoms with E-state index < -0.39 is 5.60 Å². The molecule has 0 saturated heterocycles. The van der Waals surface area contributed by atoms with Crippen molar-refractivity contribution in [2.24, 2.45) is 0 Å². The Bertz CT molecular complexity index is 477. The first kappa shape index (κ1) is 32.7. The number of unbranched alkanes of at least 4 members (excludes halogenated alkanes) is 5. The van der Waals surface area contributed by atoms with Crippen LogP contribution in [0.2, 0.25) is 0 Å². The molecule has 0 aromatic rings. The highest BCUT2D eigenvalue weighted by Gasteiger charge is 2.15. The molecule has 0 saturated carbocycles. The predicted octanol–water partition coefficient (Wildman–Crippen LogP) is 3.70. The van der Waals surface area contributed by atoms with Gasteiger partial charge >= 0.3 is 11.9 Å². The fourth-order valence-corrected chi connectivity index (χ4v) is 2.74. The Hall–Kier alpha value is -1.26. The lowest BCUT2D eigenvalue weighted by molar-refractivity contribution is -0.160. The van der Waals surface area contributed by atoms with Crippen LogP contribution in [0.1, 0.15) is 72.6 Å². The second kappa shape index (κ2) is 23.5. The van der Waals surface area contributed by atoms with Crippen LogP contribution in [-0.2, 0) is 42.7 Å². The summed E-state index contributed by atoms with van der Waals surface area (Å²) >= 11 is 0. The largest absolute Gasteiger partial charge is 0.463 e. The lowest BCUT2D eigenvalue weighted by Crippen LogP contribution is -2.27. The van der Waals surface area contributed by atoms with Crippen molar-refractivity contribution in [3.05, 3.63) is 0 Å². The smallest absolute Gasteiger partial charge is 0.332 e. The molecule has 0 aromatic heterocycles. The molecule has 0 atom stereocenters. The summed E-state index contributed by atoms with van der Waals surface area (Å²) < 4.78 is 37.0. The molecule has 0 bridgehead atoms. The molecule has 0 aliphatic rings. The van der Waals surface area contributed by atoms with Crippen LogP contribution in [0.25, 0.3) is 0 Å². The monoisotopic (exact) mass is 492 g/mol. The molecule has 0 heterocycles. The fourth-order valence-electron chi connectivity index (χ4n) is 2.74. The number of hydrogen-bond acceptors (Lipinski definition) is 9. The Kier molecular flexibility index (Phi) is 22.6. The molecule has 0 aromatic carbocycles. The van der Waals surface area contributed by atoms with Gasteiger partial charge in [0.1, 0.15) is 18.8 Å². The number of carbonyl (C=O) groups excluding carboxylic acids is 2. The lowest BCUT2D eigenvalue weighted by Gasteiger charge is -2.19. The summed E-state index contributed by atoms with van der Waals surface area (Å²) in [7, 11) is 0. The van der Waals surface area contributed by atoms with Crippen molar-refractivity contribution in [3.63, 3.8) is 0 Å². The minimum Gasteiger partial charge on any atom is -0.463 e. The standard InChI is InChI=1S/C25H48O9/c1-5-6-7-8-9-10-11-23(26)33-21-20-31-17-16-29-13-12-28-14-15-30-18-19-32-22-24(27)34-25(2,3)4/h5-22H2,1-4H3. The summed E-state index contributed by atoms with van der Waals surface area (Å²) in [5.41, 5.74) is -0.506. The van der Waals surface area contributed by atoms with Crippen LogP contribution in [0.15, 0.2) is 0 Å². The van der Waals surface area contributed by atoms with Gasteiger partial charge in [0.05, 0.1) is 59.5 Å². The van der Waals surface area contributed by atoms with Gasteiger partial charge in [-0.05, 0) is 27.2 Å². The summed E-state index contributed by atoms with van der Waals surface area (Å²) in [5.74, 6) is -0.534. The van der Waals surface area contributed by atoms with E-state index in [4.69, 9.17) is 33.2 Å². The Morgan fingerprint density at radius 2 is 1.00 bits per heavy atom. The van der Waals surface area contributed by atoms with Crippen molar-refractivity contribution in [2.45, 2.75) is 78.2 Å². The molecular weight excluding hydrogens is 444 g/mol. The molecule has 0 fully saturated rings. The summed E-state index contributed by atoms with van der Waals surface area (Å²) in [5, 5.41) is 0. The molecular formula is C25H48O9. The van der Waals surface area contributed by atoms with Gasteiger partial charge in [0, 0.05) is 6.42 Å². The second-order valence-corrected chi connectivity index (χ2v) is 8.83. The SMILES string of the molecule is CCCCCCCCC(=O)OCCOCCOCCOCCOCCOCC(=O)OC(C)(C)C. The molecule has 0 N–H and O–H groups in total. The van der Waals surface area contributed by atoms with E-state index >= 15 is 0 Å². The molecule has 0 radical (unpaired) electrons. The van der Waals surface area contributed by atoms with Crippen molar-refractivity contribution in [3.8, 4) is 0 Å². The lowest BCUT2D eigenvalue weighted by atomic mass is 10.1. The van der Waals surface area contributed by atoms with Gasteiger partial charge in [-0.1, -0.05) is 39.0 Å². The van der Waals surface area contributed by atoms with Gasteiger partial charge in [-0.3, -0.25) is 4.79 Å². The zero-order valence-electron chi connectivity index (χ0n) is 21.9. The maximum atomic E-state index is 11.6. The van der Waals surface area contributed by atoms with Gasteiger partial charge in [0.2, 0.25) is 0 Å². The first-order valence-electron chi connectivity index (χ1n) is 12.6. The third kappa shape index (κ3) is 27.0.